The summed E-state index contributed by atoms with van der Waals surface area (Å²) in [6, 6.07) is 8.88. The molecule has 214 valence electrons. The number of rotatable bonds is 4. The first kappa shape index (κ1) is 27.7. The molecular weight excluding hydrogens is 488 g/mol. The van der Waals surface area contributed by atoms with Crippen molar-refractivity contribution in [3.63, 3.8) is 0 Å². The maximum Gasteiger partial charge on any atom is 0.108 e. The zero-order chi connectivity index (χ0) is 27.8. The molecular formula is C34H48O5. The second kappa shape index (κ2) is 9.25. The Kier molecular flexibility index (Phi) is 6.56. The molecule has 4 fully saturated rings. The van der Waals surface area contributed by atoms with E-state index in [-0.39, 0.29) is 16.7 Å². The molecule has 5 heteroatoms. The van der Waals surface area contributed by atoms with Crippen molar-refractivity contribution in [2.75, 3.05) is 20.3 Å². The highest BCUT2D eigenvalue weighted by Gasteiger charge is 2.65. The number of aliphatic hydroxyl groups is 2. The van der Waals surface area contributed by atoms with Gasteiger partial charge in [0.15, 0.2) is 0 Å². The molecule has 1 aromatic carbocycles. The van der Waals surface area contributed by atoms with Gasteiger partial charge in [0.1, 0.15) is 5.60 Å². The van der Waals surface area contributed by atoms with Crippen molar-refractivity contribution in [3.05, 3.63) is 53.1 Å². The zero-order valence-corrected chi connectivity index (χ0v) is 24.6. The quantitative estimate of drug-likeness (QED) is 0.330. The van der Waals surface area contributed by atoms with Gasteiger partial charge in [-0.25, -0.2) is 9.78 Å². The van der Waals surface area contributed by atoms with Crippen LogP contribution in [0.25, 0.3) is 5.57 Å². The first-order valence-corrected chi connectivity index (χ1v) is 15.1. The fraction of sp³-hybridized carbons (Fsp3) is 0.706. The highest BCUT2D eigenvalue weighted by Crippen LogP contribution is 2.68. The summed E-state index contributed by atoms with van der Waals surface area (Å²) < 4.78 is 5.61. The van der Waals surface area contributed by atoms with Crippen LogP contribution < -0.4 is 0 Å². The van der Waals surface area contributed by atoms with E-state index >= 15 is 0 Å². The Balaban J connectivity index is 1.45. The van der Waals surface area contributed by atoms with Crippen molar-refractivity contribution in [3.8, 4) is 0 Å². The van der Waals surface area contributed by atoms with Crippen LogP contribution in [0, 0.1) is 22.7 Å². The van der Waals surface area contributed by atoms with E-state index in [1.165, 1.54) is 16.7 Å². The van der Waals surface area contributed by atoms with E-state index in [0.29, 0.717) is 31.5 Å². The molecule has 1 aromatic rings. The lowest BCUT2D eigenvalue weighted by Gasteiger charge is -2.58. The average Bonchev–Trinajstić information content (AvgIpc) is 3.12. The highest BCUT2D eigenvalue weighted by atomic mass is 17.2. The minimum absolute atomic E-state index is 0.0341. The molecule has 0 radical (unpaired) electrons. The Bertz CT molecular complexity index is 1170. The molecule has 7 atom stereocenters. The smallest absolute Gasteiger partial charge is 0.108 e. The Morgan fingerprint density at radius 1 is 1.05 bits per heavy atom. The molecule has 3 saturated carbocycles. The monoisotopic (exact) mass is 536 g/mol. The van der Waals surface area contributed by atoms with Crippen LogP contribution in [0.15, 0.2) is 42.0 Å². The number of hydrogen-bond donors (Lipinski definition) is 2. The maximum absolute atomic E-state index is 12.4. The number of fused-ring (bicyclic) bond motifs is 4. The van der Waals surface area contributed by atoms with Gasteiger partial charge >= 0.3 is 0 Å². The zero-order valence-electron chi connectivity index (χ0n) is 24.6. The average molecular weight is 537 g/mol. The largest absolute Gasteiger partial charge is 0.387 e. The van der Waals surface area contributed by atoms with Crippen LogP contribution in [0.5, 0.6) is 0 Å². The van der Waals surface area contributed by atoms with Crippen molar-refractivity contribution >= 4 is 5.57 Å². The highest BCUT2D eigenvalue weighted by molar-refractivity contribution is 5.61. The summed E-state index contributed by atoms with van der Waals surface area (Å²) in [6.07, 6.45) is 7.57. The van der Waals surface area contributed by atoms with Crippen molar-refractivity contribution in [1.29, 1.82) is 0 Å². The van der Waals surface area contributed by atoms with Gasteiger partial charge in [0, 0.05) is 24.9 Å². The van der Waals surface area contributed by atoms with Gasteiger partial charge in [-0.05, 0) is 92.2 Å². The molecule has 0 bridgehead atoms. The van der Waals surface area contributed by atoms with Crippen LogP contribution in [-0.2, 0) is 14.5 Å². The molecule has 1 aliphatic heterocycles. The van der Waals surface area contributed by atoms with Crippen LogP contribution in [0.1, 0.15) is 103 Å². The molecule has 5 nitrogen and oxygen atoms in total. The van der Waals surface area contributed by atoms with Crippen LogP contribution in [0.4, 0.5) is 0 Å². The summed E-state index contributed by atoms with van der Waals surface area (Å²) in [7, 11) is 1.70. The van der Waals surface area contributed by atoms with E-state index in [9.17, 15) is 10.2 Å². The molecule has 1 heterocycles. The Labute approximate surface area is 234 Å². The van der Waals surface area contributed by atoms with E-state index in [1.807, 2.05) is 6.92 Å². The van der Waals surface area contributed by atoms with E-state index in [1.54, 1.807) is 7.11 Å². The number of allylic oxidation sites excluding steroid dienone is 2. The molecule has 4 aliphatic carbocycles. The minimum atomic E-state index is -0.869. The summed E-state index contributed by atoms with van der Waals surface area (Å²) in [4.78, 5) is 11.7. The van der Waals surface area contributed by atoms with Crippen LogP contribution in [-0.4, -0.2) is 47.3 Å². The maximum atomic E-state index is 12.4. The van der Waals surface area contributed by atoms with Gasteiger partial charge in [-0.2, -0.15) is 0 Å². The van der Waals surface area contributed by atoms with Gasteiger partial charge in [0.05, 0.1) is 24.4 Å². The molecule has 39 heavy (non-hydrogen) atoms. The lowest BCUT2D eigenvalue weighted by atomic mass is 9.49. The minimum Gasteiger partial charge on any atom is -0.387 e. The normalized spacial score (nSPS) is 43.1. The predicted octanol–water partition coefficient (Wildman–Crippen LogP) is 6.74. The van der Waals surface area contributed by atoms with Crippen molar-refractivity contribution < 1.29 is 24.7 Å². The van der Waals surface area contributed by atoms with Gasteiger partial charge in [-0.1, -0.05) is 62.8 Å². The molecule has 1 spiro atoms. The van der Waals surface area contributed by atoms with Crippen LogP contribution in [0.3, 0.4) is 0 Å². The summed E-state index contributed by atoms with van der Waals surface area (Å²) >= 11 is 0. The Hall–Kier alpha value is -1.50. The molecule has 0 amide bonds. The van der Waals surface area contributed by atoms with E-state index < -0.39 is 16.8 Å². The molecule has 2 N–H and O–H groups in total. The Morgan fingerprint density at radius 2 is 1.79 bits per heavy atom. The number of hydrogen-bond acceptors (Lipinski definition) is 5. The summed E-state index contributed by atoms with van der Waals surface area (Å²) in [6.45, 7) is 13.9. The lowest BCUT2D eigenvalue weighted by Crippen LogP contribution is -2.58. The van der Waals surface area contributed by atoms with E-state index in [2.05, 4.69) is 51.6 Å². The van der Waals surface area contributed by atoms with Crippen molar-refractivity contribution in [2.24, 2.45) is 22.7 Å². The molecule has 0 aromatic heterocycles. The lowest BCUT2D eigenvalue weighted by molar-refractivity contribution is -0.414. The molecule has 5 aliphatic rings. The summed E-state index contributed by atoms with van der Waals surface area (Å²) in [5.41, 5.74) is 3.87. The topological polar surface area (TPSA) is 68.2 Å². The fourth-order valence-corrected chi connectivity index (χ4v) is 9.75. The standard InChI is InChI=1S/C34H48O5/c1-22(2)23-7-9-24(10-8-23)26-17-31(5)27(13-16-34(31,36)21-37-6)25-11-15-33(35)19-32(14-12-28(33)29(25)26)18-30(3,4)20-38-39-32/h7-10,25-27,35-36H,1,11-21H2,2-6H3/t25-,26+,27-,31-,32?,33+,34+/m0/s1. The Morgan fingerprint density at radius 3 is 2.46 bits per heavy atom. The summed E-state index contributed by atoms with van der Waals surface area (Å²) in [5, 5.41) is 24.4. The first-order valence-electron chi connectivity index (χ1n) is 15.1. The number of benzene rings is 1. The van der Waals surface area contributed by atoms with Gasteiger partial charge in [-0.3, -0.25) is 0 Å². The first-order chi connectivity index (χ1) is 18.3. The fourth-order valence-electron chi connectivity index (χ4n) is 9.75. The van der Waals surface area contributed by atoms with Crippen molar-refractivity contribution in [1.82, 2.24) is 0 Å². The van der Waals surface area contributed by atoms with Gasteiger partial charge in [0.25, 0.3) is 0 Å². The van der Waals surface area contributed by atoms with Gasteiger partial charge < -0.3 is 14.9 Å². The van der Waals surface area contributed by atoms with Crippen LogP contribution >= 0.6 is 0 Å². The third-order valence-corrected chi connectivity index (χ3v) is 11.5. The van der Waals surface area contributed by atoms with Gasteiger partial charge in [-0.15, -0.1) is 0 Å². The number of ether oxygens (including phenoxy) is 1. The predicted molar refractivity (Wildman–Crippen MR) is 153 cm³/mol. The van der Waals surface area contributed by atoms with E-state index in [0.717, 1.165) is 62.5 Å². The molecule has 1 saturated heterocycles. The third kappa shape index (κ3) is 4.30. The van der Waals surface area contributed by atoms with Gasteiger partial charge in [0.2, 0.25) is 0 Å². The second-order valence-corrected chi connectivity index (χ2v) is 14.8. The number of methoxy groups -OCH3 is 1. The van der Waals surface area contributed by atoms with E-state index in [4.69, 9.17) is 14.5 Å². The SMILES string of the molecule is C=C(C)c1ccc([C@H]2C[C@@]3(C)[C@@H](CC[C@@]3(O)COC)[C@@H]3CC[C@@]4(O)CC5(CCC4=C32)CC(C)(C)COO5)cc1. The third-order valence-electron chi connectivity index (χ3n) is 11.5. The molecule has 6 rings (SSSR count). The van der Waals surface area contributed by atoms with Crippen molar-refractivity contribution in [2.45, 2.75) is 108 Å². The second-order valence-electron chi connectivity index (χ2n) is 14.8. The molecule has 1 unspecified atom stereocenters. The summed E-state index contributed by atoms with van der Waals surface area (Å²) in [5.74, 6) is 0.914. The van der Waals surface area contributed by atoms with Crippen LogP contribution in [0.2, 0.25) is 0 Å².